The summed E-state index contributed by atoms with van der Waals surface area (Å²) in [6.07, 6.45) is 0.861. The van der Waals surface area contributed by atoms with Gasteiger partial charge in [0.15, 0.2) is 11.5 Å². The minimum absolute atomic E-state index is 0.00677. The highest BCUT2D eigenvalue weighted by Crippen LogP contribution is 2.32. The van der Waals surface area contributed by atoms with Crippen molar-refractivity contribution in [2.24, 2.45) is 0 Å². The van der Waals surface area contributed by atoms with Crippen LogP contribution in [0.25, 0.3) is 0 Å². The Bertz CT molecular complexity index is 1100. The maximum absolute atomic E-state index is 13.6. The molecule has 0 bridgehead atoms. The smallest absolute Gasteiger partial charge is 0.268 e. The highest BCUT2D eigenvalue weighted by molar-refractivity contribution is 6.30. The molecule has 0 radical (unpaired) electrons. The first-order valence-electron chi connectivity index (χ1n) is 10.9. The molecular weight excluding hydrogens is 460 g/mol. The van der Waals surface area contributed by atoms with Crippen LogP contribution in [0.1, 0.15) is 23.8 Å². The van der Waals surface area contributed by atoms with E-state index in [1.165, 1.54) is 11.2 Å². The number of furan rings is 1. The molecule has 3 aromatic rings. The highest BCUT2D eigenvalue weighted by Gasteiger charge is 2.37. The van der Waals surface area contributed by atoms with Gasteiger partial charge in [-0.05, 0) is 48.4 Å². The quantitative estimate of drug-likeness (QED) is 0.483. The molecule has 9 heteroatoms. The molecule has 2 atom stereocenters. The summed E-state index contributed by atoms with van der Waals surface area (Å²) >= 11 is 6.06. The molecule has 2 aromatic carbocycles. The van der Waals surface area contributed by atoms with Crippen molar-refractivity contribution in [1.29, 1.82) is 0 Å². The maximum Gasteiger partial charge on any atom is 0.268 e. The van der Waals surface area contributed by atoms with E-state index >= 15 is 0 Å². The Hall–Kier alpha value is -3.49. The summed E-state index contributed by atoms with van der Waals surface area (Å²) in [6.45, 7) is 0.162. The van der Waals surface area contributed by atoms with E-state index in [0.29, 0.717) is 27.8 Å². The molecule has 2 heterocycles. The monoisotopic (exact) mass is 484 g/mol. The van der Waals surface area contributed by atoms with Gasteiger partial charge in [-0.25, -0.2) is 0 Å². The third-order valence-corrected chi connectivity index (χ3v) is 5.64. The zero-order valence-electron chi connectivity index (χ0n) is 18.4. The van der Waals surface area contributed by atoms with Crippen LogP contribution >= 0.6 is 11.6 Å². The molecule has 4 rings (SSSR count). The van der Waals surface area contributed by atoms with Gasteiger partial charge >= 0.3 is 0 Å². The highest BCUT2D eigenvalue weighted by atomic mass is 35.5. The summed E-state index contributed by atoms with van der Waals surface area (Å²) < 4.78 is 16.9. The third-order valence-electron chi connectivity index (χ3n) is 5.39. The van der Waals surface area contributed by atoms with Crippen LogP contribution in [0.3, 0.4) is 0 Å². The lowest BCUT2D eigenvalue weighted by atomic mass is 10.0. The predicted octanol–water partition coefficient (Wildman–Crippen LogP) is 3.34. The number of aliphatic hydroxyl groups is 1. The van der Waals surface area contributed by atoms with Gasteiger partial charge in [0.1, 0.15) is 18.4 Å². The summed E-state index contributed by atoms with van der Waals surface area (Å²) in [7, 11) is 0. The van der Waals surface area contributed by atoms with Gasteiger partial charge in [-0.2, -0.15) is 0 Å². The summed E-state index contributed by atoms with van der Waals surface area (Å²) in [4.78, 5) is 28.5. The van der Waals surface area contributed by atoms with E-state index in [0.717, 1.165) is 0 Å². The molecule has 1 aliphatic heterocycles. The van der Waals surface area contributed by atoms with Gasteiger partial charge in [0.2, 0.25) is 12.0 Å². The molecule has 0 saturated carbocycles. The van der Waals surface area contributed by atoms with Gasteiger partial charge in [0.25, 0.3) is 5.91 Å². The number of rotatable bonds is 9. The van der Waals surface area contributed by atoms with E-state index in [4.69, 9.17) is 25.5 Å². The minimum atomic E-state index is -0.980. The van der Waals surface area contributed by atoms with Crippen molar-refractivity contribution in [2.45, 2.75) is 25.1 Å². The Balaban J connectivity index is 1.62. The molecule has 0 fully saturated rings. The zero-order valence-corrected chi connectivity index (χ0v) is 19.1. The number of nitrogens with one attached hydrogen (secondary N) is 1. The molecule has 2 N–H and O–H groups in total. The van der Waals surface area contributed by atoms with Gasteiger partial charge in [-0.1, -0.05) is 35.9 Å². The standard InChI is InChI=1S/C25H25ClN2O6/c26-18-10-8-17(9-11-18)23(24(30)27-15-19-5-3-14-32-19)28(12-4-13-29)25(31)22-16-33-20-6-1-2-7-21(20)34-22/h1-3,5-11,14,22-23,29H,4,12-13,15-16H2,(H,27,30)/t22-,23-/m1/s1. The maximum atomic E-state index is 13.6. The van der Waals surface area contributed by atoms with Gasteiger partial charge in [-0.15, -0.1) is 0 Å². The van der Waals surface area contributed by atoms with Crippen molar-refractivity contribution in [3.05, 3.63) is 83.3 Å². The summed E-state index contributed by atoms with van der Waals surface area (Å²) in [5.41, 5.74) is 0.574. The summed E-state index contributed by atoms with van der Waals surface area (Å²) in [5, 5.41) is 12.8. The number of halogens is 1. The Labute approximate surface area is 202 Å². The molecule has 34 heavy (non-hydrogen) atoms. The van der Waals surface area contributed by atoms with Crippen molar-refractivity contribution in [3.63, 3.8) is 0 Å². The normalized spacial score (nSPS) is 15.4. The minimum Gasteiger partial charge on any atom is -0.485 e. The van der Waals surface area contributed by atoms with Crippen molar-refractivity contribution >= 4 is 23.4 Å². The first-order valence-corrected chi connectivity index (χ1v) is 11.3. The first kappa shape index (κ1) is 23.7. The number of para-hydroxylation sites is 2. The largest absolute Gasteiger partial charge is 0.485 e. The van der Waals surface area contributed by atoms with Crippen LogP contribution in [0.2, 0.25) is 5.02 Å². The van der Waals surface area contributed by atoms with Crippen molar-refractivity contribution < 1.29 is 28.6 Å². The molecule has 2 amide bonds. The summed E-state index contributed by atoms with van der Waals surface area (Å²) in [5.74, 6) is 0.772. The fourth-order valence-corrected chi connectivity index (χ4v) is 3.86. The van der Waals surface area contributed by atoms with E-state index in [9.17, 15) is 14.7 Å². The molecule has 0 unspecified atom stereocenters. The topological polar surface area (TPSA) is 101 Å². The molecule has 0 spiro atoms. The van der Waals surface area contributed by atoms with Gasteiger partial charge in [-0.3, -0.25) is 9.59 Å². The number of ether oxygens (including phenoxy) is 2. The number of fused-ring (bicyclic) bond motifs is 1. The molecule has 1 aromatic heterocycles. The molecule has 0 saturated heterocycles. The number of amides is 2. The van der Waals surface area contributed by atoms with Crippen molar-refractivity contribution in [1.82, 2.24) is 10.2 Å². The lowest BCUT2D eigenvalue weighted by molar-refractivity contribution is -0.148. The number of hydrogen-bond acceptors (Lipinski definition) is 6. The Kier molecular flexibility index (Phi) is 7.72. The van der Waals surface area contributed by atoms with Crippen LogP contribution < -0.4 is 14.8 Å². The number of carbonyl (C=O) groups excluding carboxylic acids is 2. The molecule has 1 aliphatic rings. The first-order chi connectivity index (χ1) is 16.6. The number of benzene rings is 2. The summed E-state index contributed by atoms with van der Waals surface area (Å²) in [6, 6.07) is 16.3. The van der Waals surface area contributed by atoms with Crippen LogP contribution in [0.15, 0.2) is 71.3 Å². The van der Waals surface area contributed by atoms with Crippen molar-refractivity contribution in [2.75, 3.05) is 19.8 Å². The third kappa shape index (κ3) is 5.52. The van der Waals surface area contributed by atoms with Crippen molar-refractivity contribution in [3.8, 4) is 11.5 Å². The number of aliphatic hydroxyl groups excluding tert-OH is 1. The van der Waals surface area contributed by atoms with E-state index < -0.39 is 24.0 Å². The average Bonchev–Trinajstić information content (AvgIpc) is 3.39. The number of hydrogen-bond donors (Lipinski definition) is 2. The number of carbonyl (C=O) groups is 2. The Morgan fingerprint density at radius 3 is 2.56 bits per heavy atom. The second-order valence-corrected chi connectivity index (χ2v) is 8.16. The Morgan fingerprint density at radius 2 is 1.85 bits per heavy atom. The van der Waals surface area contributed by atoms with Gasteiger partial charge in [0.05, 0.1) is 12.8 Å². The lowest BCUT2D eigenvalue weighted by Gasteiger charge is -2.35. The van der Waals surface area contributed by atoms with Crippen LogP contribution in [0.5, 0.6) is 11.5 Å². The van der Waals surface area contributed by atoms with Crippen LogP contribution in [0.4, 0.5) is 0 Å². The van der Waals surface area contributed by atoms with Crippen LogP contribution in [-0.2, 0) is 16.1 Å². The number of nitrogens with zero attached hydrogens (tertiary/aromatic N) is 1. The fraction of sp³-hybridized carbons (Fsp3) is 0.280. The fourth-order valence-electron chi connectivity index (χ4n) is 3.74. The van der Waals surface area contributed by atoms with Gasteiger partial charge in [0, 0.05) is 18.2 Å². The zero-order chi connectivity index (χ0) is 23.9. The second kappa shape index (κ2) is 11.1. The molecular formula is C25H25ClN2O6. The van der Waals surface area contributed by atoms with Gasteiger partial charge < -0.3 is 29.2 Å². The Morgan fingerprint density at radius 1 is 1.09 bits per heavy atom. The van der Waals surface area contributed by atoms with E-state index in [-0.39, 0.29) is 32.7 Å². The second-order valence-electron chi connectivity index (χ2n) is 7.72. The molecule has 8 nitrogen and oxygen atoms in total. The predicted molar refractivity (Wildman–Crippen MR) is 125 cm³/mol. The average molecular weight is 485 g/mol. The van der Waals surface area contributed by atoms with E-state index in [2.05, 4.69) is 5.32 Å². The van der Waals surface area contributed by atoms with E-state index in [1.54, 1.807) is 54.6 Å². The SMILES string of the molecule is O=C(NCc1ccco1)[C@@H](c1ccc(Cl)cc1)N(CCCO)C(=O)[C@H]1COc2ccccc2O1. The molecule has 178 valence electrons. The van der Waals surface area contributed by atoms with Crippen LogP contribution in [-0.4, -0.2) is 47.7 Å². The molecule has 0 aliphatic carbocycles. The van der Waals surface area contributed by atoms with Crippen LogP contribution in [0, 0.1) is 0 Å². The van der Waals surface area contributed by atoms with E-state index in [1.807, 2.05) is 6.07 Å². The lowest BCUT2D eigenvalue weighted by Crippen LogP contribution is -2.51.